The van der Waals surface area contributed by atoms with Crippen LogP contribution in [0.1, 0.15) is 34.3 Å². The van der Waals surface area contributed by atoms with Crippen molar-refractivity contribution in [3.8, 4) is 0 Å². The molecule has 0 saturated carbocycles. The van der Waals surface area contributed by atoms with Gasteiger partial charge in [-0.2, -0.15) is 0 Å². The summed E-state index contributed by atoms with van der Waals surface area (Å²) in [4.78, 5) is 21.0. The lowest BCUT2D eigenvalue weighted by molar-refractivity contribution is 0.0369. The minimum atomic E-state index is 0.121. The maximum absolute atomic E-state index is 12.0. The number of ether oxygens (including phenoxy) is 1. The monoisotopic (exact) mass is 373 g/mol. The van der Waals surface area contributed by atoms with Gasteiger partial charge >= 0.3 is 0 Å². The summed E-state index contributed by atoms with van der Waals surface area (Å²) in [6, 6.07) is 10.2. The van der Waals surface area contributed by atoms with Crippen molar-refractivity contribution in [2.75, 3.05) is 32.8 Å². The first-order valence-electron chi connectivity index (χ1n) is 9.21. The van der Waals surface area contributed by atoms with Gasteiger partial charge in [0.25, 0.3) is 0 Å². The van der Waals surface area contributed by atoms with E-state index < -0.39 is 0 Å². The number of carbonyl (C=O) groups is 1. The Morgan fingerprint density at radius 3 is 2.62 bits per heavy atom. The van der Waals surface area contributed by atoms with Crippen LogP contribution in [0.25, 0.3) is 0 Å². The Hall–Kier alpha value is -1.76. The van der Waals surface area contributed by atoms with Crippen molar-refractivity contribution in [2.45, 2.75) is 33.4 Å². The summed E-state index contributed by atoms with van der Waals surface area (Å²) < 4.78 is 7.62. The van der Waals surface area contributed by atoms with Gasteiger partial charge in [0, 0.05) is 38.8 Å². The molecule has 1 aliphatic rings. The van der Waals surface area contributed by atoms with Crippen molar-refractivity contribution in [3.05, 3.63) is 51.3 Å². The van der Waals surface area contributed by atoms with Crippen LogP contribution < -0.4 is 4.80 Å². The Balaban J connectivity index is 1.74. The zero-order valence-electron chi connectivity index (χ0n) is 15.6. The lowest BCUT2D eigenvalue weighted by atomic mass is 10.2. The number of Topliss-reactive ketones (excluding diaryl/α,β-unsaturated/α-hetero) is 1. The Bertz CT molecular complexity index is 789. The van der Waals surface area contributed by atoms with E-state index in [2.05, 4.69) is 21.6 Å². The number of hydrogen-bond acceptors (Lipinski definition) is 5. The third-order valence-corrected chi connectivity index (χ3v) is 6.00. The second-order valence-electron chi connectivity index (χ2n) is 6.62. The Labute approximate surface area is 158 Å². The number of morpholine rings is 1. The minimum Gasteiger partial charge on any atom is -0.379 e. The number of ketones is 1. The van der Waals surface area contributed by atoms with E-state index in [4.69, 9.17) is 9.73 Å². The van der Waals surface area contributed by atoms with E-state index in [-0.39, 0.29) is 5.78 Å². The van der Waals surface area contributed by atoms with Crippen LogP contribution in [0.15, 0.2) is 35.3 Å². The summed E-state index contributed by atoms with van der Waals surface area (Å²) >= 11 is 1.51. The average molecular weight is 374 g/mol. The molecule has 2 heterocycles. The van der Waals surface area contributed by atoms with Crippen LogP contribution in [0.2, 0.25) is 0 Å². The number of benzene rings is 1. The number of rotatable bonds is 7. The number of hydrogen-bond donors (Lipinski definition) is 0. The topological polar surface area (TPSA) is 46.8 Å². The van der Waals surface area contributed by atoms with E-state index in [0.717, 1.165) is 61.2 Å². The molecule has 0 atom stereocenters. The molecule has 5 nitrogen and oxygen atoms in total. The zero-order valence-corrected chi connectivity index (χ0v) is 16.4. The Morgan fingerprint density at radius 2 is 1.92 bits per heavy atom. The lowest BCUT2D eigenvalue weighted by Gasteiger charge is -2.26. The molecule has 6 heteroatoms. The zero-order chi connectivity index (χ0) is 18.4. The van der Waals surface area contributed by atoms with Gasteiger partial charge in [0.15, 0.2) is 10.6 Å². The fourth-order valence-electron chi connectivity index (χ4n) is 3.21. The molecule has 1 aromatic carbocycles. The molecular formula is C20H27N3O2S. The molecule has 0 amide bonds. The molecule has 0 unspecified atom stereocenters. The highest BCUT2D eigenvalue weighted by atomic mass is 32.1. The van der Waals surface area contributed by atoms with Crippen LogP contribution in [0.5, 0.6) is 0 Å². The third kappa shape index (κ3) is 4.90. The molecule has 0 N–H and O–H groups in total. The molecule has 1 saturated heterocycles. The van der Waals surface area contributed by atoms with Crippen molar-refractivity contribution in [1.29, 1.82) is 0 Å². The van der Waals surface area contributed by atoms with Gasteiger partial charge in [0.2, 0.25) is 0 Å². The molecular weight excluding hydrogens is 346 g/mol. The first kappa shape index (κ1) is 19.0. The van der Waals surface area contributed by atoms with Crippen LogP contribution in [0, 0.1) is 6.92 Å². The fourth-order valence-corrected chi connectivity index (χ4v) is 4.27. The van der Waals surface area contributed by atoms with Crippen LogP contribution in [0.3, 0.4) is 0 Å². The van der Waals surface area contributed by atoms with Gasteiger partial charge in [0.05, 0.1) is 24.6 Å². The SMILES string of the molecule is CC(=O)c1sc(=NCc2ccccc2)n(CCCN2CCOCC2)c1C. The van der Waals surface area contributed by atoms with Crippen molar-refractivity contribution < 1.29 is 9.53 Å². The smallest absolute Gasteiger partial charge is 0.185 e. The van der Waals surface area contributed by atoms with E-state index in [1.165, 1.54) is 16.9 Å². The fraction of sp³-hybridized carbons (Fsp3) is 0.500. The molecule has 140 valence electrons. The summed E-state index contributed by atoms with van der Waals surface area (Å²) in [5, 5.41) is 0. The van der Waals surface area contributed by atoms with Gasteiger partial charge < -0.3 is 9.30 Å². The number of thiazole rings is 1. The first-order valence-corrected chi connectivity index (χ1v) is 10.0. The molecule has 2 aromatic rings. The van der Waals surface area contributed by atoms with E-state index in [9.17, 15) is 4.79 Å². The molecule has 0 aliphatic carbocycles. The van der Waals surface area contributed by atoms with Crippen LogP contribution in [-0.4, -0.2) is 48.1 Å². The summed E-state index contributed by atoms with van der Waals surface area (Å²) in [6.45, 7) is 9.94. The van der Waals surface area contributed by atoms with Crippen molar-refractivity contribution in [3.63, 3.8) is 0 Å². The second-order valence-corrected chi connectivity index (χ2v) is 7.59. The van der Waals surface area contributed by atoms with E-state index >= 15 is 0 Å². The molecule has 1 aromatic heterocycles. The standard InChI is InChI=1S/C20H27N3O2S/c1-16-19(17(2)24)26-20(21-15-18-7-4-3-5-8-18)23(16)10-6-9-22-11-13-25-14-12-22/h3-5,7-8H,6,9-15H2,1-2H3. The Morgan fingerprint density at radius 1 is 1.19 bits per heavy atom. The molecule has 1 fully saturated rings. The summed E-state index contributed by atoms with van der Waals surface area (Å²) in [7, 11) is 0. The van der Waals surface area contributed by atoms with Crippen LogP contribution in [0.4, 0.5) is 0 Å². The predicted molar refractivity (Wildman–Crippen MR) is 105 cm³/mol. The van der Waals surface area contributed by atoms with E-state index in [0.29, 0.717) is 6.54 Å². The van der Waals surface area contributed by atoms with Gasteiger partial charge in [-0.25, -0.2) is 0 Å². The van der Waals surface area contributed by atoms with Gasteiger partial charge in [0.1, 0.15) is 0 Å². The van der Waals surface area contributed by atoms with Crippen molar-refractivity contribution >= 4 is 17.1 Å². The molecule has 26 heavy (non-hydrogen) atoms. The maximum Gasteiger partial charge on any atom is 0.185 e. The summed E-state index contributed by atoms with van der Waals surface area (Å²) in [6.07, 6.45) is 1.05. The molecule has 3 rings (SSSR count). The van der Waals surface area contributed by atoms with Gasteiger partial charge in [-0.15, -0.1) is 0 Å². The van der Waals surface area contributed by atoms with Gasteiger partial charge in [-0.3, -0.25) is 14.7 Å². The maximum atomic E-state index is 12.0. The van der Waals surface area contributed by atoms with Crippen LogP contribution in [-0.2, 0) is 17.8 Å². The quantitative estimate of drug-likeness (QED) is 0.701. The normalized spacial score (nSPS) is 16.2. The highest BCUT2D eigenvalue weighted by Gasteiger charge is 2.14. The largest absolute Gasteiger partial charge is 0.379 e. The lowest BCUT2D eigenvalue weighted by Crippen LogP contribution is -2.37. The number of aromatic nitrogens is 1. The third-order valence-electron chi connectivity index (χ3n) is 4.68. The number of carbonyl (C=O) groups excluding carboxylic acids is 1. The summed E-state index contributed by atoms with van der Waals surface area (Å²) in [5.74, 6) is 0.121. The van der Waals surface area contributed by atoms with Crippen molar-refractivity contribution in [2.24, 2.45) is 4.99 Å². The molecule has 0 bridgehead atoms. The highest BCUT2D eigenvalue weighted by molar-refractivity contribution is 7.11. The van der Waals surface area contributed by atoms with Gasteiger partial charge in [-0.05, 0) is 18.9 Å². The van der Waals surface area contributed by atoms with Crippen molar-refractivity contribution in [1.82, 2.24) is 9.47 Å². The molecule has 0 radical (unpaired) electrons. The van der Waals surface area contributed by atoms with Gasteiger partial charge in [-0.1, -0.05) is 41.7 Å². The number of nitrogens with zero attached hydrogens (tertiary/aromatic N) is 3. The summed E-state index contributed by atoms with van der Waals surface area (Å²) in [5.41, 5.74) is 2.22. The average Bonchev–Trinajstić information content (AvgIpc) is 2.98. The van der Waals surface area contributed by atoms with Crippen LogP contribution >= 0.6 is 11.3 Å². The van der Waals surface area contributed by atoms with E-state index in [1.54, 1.807) is 6.92 Å². The Kier molecular flexibility index (Phi) is 6.77. The predicted octanol–water partition coefficient (Wildman–Crippen LogP) is 2.88. The molecule has 1 aliphatic heterocycles. The second kappa shape index (κ2) is 9.26. The van der Waals surface area contributed by atoms with E-state index in [1.807, 2.05) is 25.1 Å². The highest BCUT2D eigenvalue weighted by Crippen LogP contribution is 2.14. The molecule has 0 spiro atoms. The minimum absolute atomic E-state index is 0.121. The first-order chi connectivity index (χ1) is 12.6.